The third kappa shape index (κ3) is 3.08. The minimum Gasteiger partial charge on any atom is -0.381 e. The van der Waals surface area contributed by atoms with Gasteiger partial charge in [0.15, 0.2) is 0 Å². The zero-order chi connectivity index (χ0) is 13.0. The first kappa shape index (κ1) is 12.6. The molecule has 4 heteroatoms. The summed E-state index contributed by atoms with van der Waals surface area (Å²) in [7, 11) is 0. The summed E-state index contributed by atoms with van der Waals surface area (Å²) in [5, 5.41) is 12.1. The van der Waals surface area contributed by atoms with Crippen LogP contribution < -0.4 is 5.32 Å². The number of hydrogen-bond acceptors (Lipinski definition) is 3. The number of aryl methyl sites for hydroxylation is 1. The van der Waals surface area contributed by atoms with Crippen molar-refractivity contribution in [2.24, 2.45) is 0 Å². The molecule has 2 aromatic rings. The Balaban J connectivity index is 2.04. The van der Waals surface area contributed by atoms with Crippen LogP contribution in [0.5, 0.6) is 0 Å². The Kier molecular flexibility index (Phi) is 3.96. The highest BCUT2D eigenvalue weighted by molar-refractivity contribution is 9.10. The van der Waals surface area contributed by atoms with Crippen LogP contribution in [0.1, 0.15) is 16.8 Å². The van der Waals surface area contributed by atoms with Gasteiger partial charge in [0, 0.05) is 28.6 Å². The van der Waals surface area contributed by atoms with E-state index in [0.29, 0.717) is 12.1 Å². The van der Waals surface area contributed by atoms with Crippen LogP contribution in [0.3, 0.4) is 0 Å². The number of anilines is 1. The minimum atomic E-state index is 0.637. The Labute approximate surface area is 115 Å². The molecule has 1 aromatic carbocycles. The molecule has 0 saturated heterocycles. The summed E-state index contributed by atoms with van der Waals surface area (Å²) >= 11 is 3.37. The van der Waals surface area contributed by atoms with Gasteiger partial charge in [-0.3, -0.25) is 4.98 Å². The molecule has 0 spiro atoms. The number of rotatable bonds is 3. The molecule has 0 aliphatic rings. The Morgan fingerprint density at radius 2 is 2.17 bits per heavy atom. The molecule has 0 aliphatic heterocycles. The van der Waals surface area contributed by atoms with E-state index in [-0.39, 0.29) is 0 Å². The smallest absolute Gasteiger partial charge is 0.100 e. The molecule has 0 atom stereocenters. The molecule has 0 fully saturated rings. The Bertz CT molecular complexity index is 585. The summed E-state index contributed by atoms with van der Waals surface area (Å²) in [6.07, 6.45) is 1.86. The Morgan fingerprint density at radius 1 is 1.33 bits per heavy atom. The van der Waals surface area contributed by atoms with E-state index in [2.05, 4.69) is 32.3 Å². The van der Waals surface area contributed by atoms with E-state index in [0.717, 1.165) is 21.4 Å². The van der Waals surface area contributed by atoms with Gasteiger partial charge in [-0.25, -0.2) is 0 Å². The van der Waals surface area contributed by atoms with Crippen LogP contribution in [0.2, 0.25) is 0 Å². The van der Waals surface area contributed by atoms with E-state index in [1.165, 1.54) is 0 Å². The number of nitrogens with one attached hydrogen (secondary N) is 1. The van der Waals surface area contributed by atoms with Gasteiger partial charge in [0.2, 0.25) is 0 Å². The number of halogens is 1. The van der Waals surface area contributed by atoms with Gasteiger partial charge in [0.05, 0.1) is 5.56 Å². The SMILES string of the molecule is Cc1ccc(CNc2ccc(C#N)c(Br)c2)cn1. The summed E-state index contributed by atoms with van der Waals surface area (Å²) in [6.45, 7) is 2.68. The number of benzene rings is 1. The summed E-state index contributed by atoms with van der Waals surface area (Å²) in [5.41, 5.74) is 3.75. The van der Waals surface area contributed by atoms with Crippen LogP contribution >= 0.6 is 15.9 Å². The maximum absolute atomic E-state index is 8.83. The number of nitriles is 1. The van der Waals surface area contributed by atoms with Crippen molar-refractivity contribution in [3.8, 4) is 6.07 Å². The molecule has 1 aromatic heterocycles. The van der Waals surface area contributed by atoms with E-state index < -0.39 is 0 Å². The summed E-state index contributed by atoms with van der Waals surface area (Å²) < 4.78 is 0.803. The van der Waals surface area contributed by atoms with Crippen molar-refractivity contribution in [2.45, 2.75) is 13.5 Å². The van der Waals surface area contributed by atoms with Crippen molar-refractivity contribution in [1.82, 2.24) is 4.98 Å². The lowest BCUT2D eigenvalue weighted by Gasteiger charge is -2.07. The minimum absolute atomic E-state index is 0.637. The molecule has 0 saturated carbocycles. The largest absolute Gasteiger partial charge is 0.381 e. The van der Waals surface area contributed by atoms with Crippen LogP contribution in [0.25, 0.3) is 0 Å². The van der Waals surface area contributed by atoms with Crippen molar-refractivity contribution < 1.29 is 0 Å². The van der Waals surface area contributed by atoms with Crippen LogP contribution in [-0.4, -0.2) is 4.98 Å². The van der Waals surface area contributed by atoms with E-state index in [4.69, 9.17) is 5.26 Å². The lowest BCUT2D eigenvalue weighted by Crippen LogP contribution is -2.00. The standard InChI is InChI=1S/C14H12BrN3/c1-10-2-3-11(8-17-10)9-18-13-5-4-12(7-16)14(15)6-13/h2-6,8,18H,9H2,1H3. The molecule has 1 heterocycles. The maximum atomic E-state index is 8.83. The highest BCUT2D eigenvalue weighted by Crippen LogP contribution is 2.21. The molecule has 0 aliphatic carbocycles. The summed E-state index contributed by atoms with van der Waals surface area (Å²) in [6, 6.07) is 11.7. The lowest BCUT2D eigenvalue weighted by atomic mass is 10.2. The quantitative estimate of drug-likeness (QED) is 0.941. The monoisotopic (exact) mass is 301 g/mol. The first-order valence-corrected chi connectivity index (χ1v) is 6.33. The van der Waals surface area contributed by atoms with Crippen molar-refractivity contribution in [3.05, 3.63) is 57.8 Å². The molecule has 0 amide bonds. The number of aromatic nitrogens is 1. The number of hydrogen-bond donors (Lipinski definition) is 1. The fourth-order valence-electron chi connectivity index (χ4n) is 1.52. The molecule has 1 N–H and O–H groups in total. The predicted molar refractivity (Wildman–Crippen MR) is 75.2 cm³/mol. The van der Waals surface area contributed by atoms with Crippen molar-refractivity contribution in [3.63, 3.8) is 0 Å². The van der Waals surface area contributed by atoms with Gasteiger partial charge in [-0.15, -0.1) is 0 Å². The van der Waals surface area contributed by atoms with E-state index >= 15 is 0 Å². The molecule has 0 unspecified atom stereocenters. The van der Waals surface area contributed by atoms with Gasteiger partial charge >= 0.3 is 0 Å². The van der Waals surface area contributed by atoms with Crippen LogP contribution in [0.4, 0.5) is 5.69 Å². The average molecular weight is 302 g/mol. The van der Waals surface area contributed by atoms with Crippen LogP contribution in [-0.2, 0) is 6.54 Å². The second-order valence-corrected chi connectivity index (χ2v) is 4.82. The molecular weight excluding hydrogens is 290 g/mol. The van der Waals surface area contributed by atoms with Gasteiger partial charge in [-0.2, -0.15) is 5.26 Å². The second kappa shape index (κ2) is 5.65. The molecule has 90 valence electrons. The van der Waals surface area contributed by atoms with Crippen LogP contribution in [0, 0.1) is 18.3 Å². The number of nitrogens with zero attached hydrogens (tertiary/aromatic N) is 2. The van der Waals surface area contributed by atoms with Gasteiger partial charge in [0.1, 0.15) is 6.07 Å². The maximum Gasteiger partial charge on any atom is 0.100 e. The fourth-order valence-corrected chi connectivity index (χ4v) is 1.99. The highest BCUT2D eigenvalue weighted by Gasteiger charge is 2.00. The van der Waals surface area contributed by atoms with Gasteiger partial charge in [-0.1, -0.05) is 6.07 Å². The van der Waals surface area contributed by atoms with Crippen molar-refractivity contribution in [2.75, 3.05) is 5.32 Å². The zero-order valence-corrected chi connectivity index (χ0v) is 11.5. The van der Waals surface area contributed by atoms with Crippen molar-refractivity contribution >= 4 is 21.6 Å². The molecule has 0 radical (unpaired) electrons. The predicted octanol–water partition coefficient (Wildman–Crippen LogP) is 3.64. The van der Waals surface area contributed by atoms with E-state index in [9.17, 15) is 0 Å². The van der Waals surface area contributed by atoms with Crippen molar-refractivity contribution in [1.29, 1.82) is 5.26 Å². The lowest BCUT2D eigenvalue weighted by molar-refractivity contribution is 1.08. The molecular formula is C14H12BrN3. The van der Waals surface area contributed by atoms with Gasteiger partial charge in [0.25, 0.3) is 0 Å². The van der Waals surface area contributed by atoms with E-state index in [1.807, 2.05) is 37.4 Å². The molecule has 0 bridgehead atoms. The fraction of sp³-hybridized carbons (Fsp3) is 0.143. The molecule has 2 rings (SSSR count). The summed E-state index contributed by atoms with van der Waals surface area (Å²) in [5.74, 6) is 0. The highest BCUT2D eigenvalue weighted by atomic mass is 79.9. The second-order valence-electron chi connectivity index (χ2n) is 3.97. The number of pyridine rings is 1. The molecule has 3 nitrogen and oxygen atoms in total. The Morgan fingerprint density at radius 3 is 2.78 bits per heavy atom. The van der Waals surface area contributed by atoms with Crippen LogP contribution in [0.15, 0.2) is 41.0 Å². The third-order valence-corrected chi connectivity index (χ3v) is 3.21. The first-order valence-electron chi connectivity index (χ1n) is 5.54. The first-order chi connectivity index (χ1) is 8.69. The summed E-state index contributed by atoms with van der Waals surface area (Å²) in [4.78, 5) is 4.24. The zero-order valence-electron chi connectivity index (χ0n) is 9.94. The third-order valence-electron chi connectivity index (χ3n) is 2.56. The normalized spacial score (nSPS) is 9.83. The van der Waals surface area contributed by atoms with E-state index in [1.54, 1.807) is 6.07 Å². The topological polar surface area (TPSA) is 48.7 Å². The molecule has 18 heavy (non-hydrogen) atoms. The van der Waals surface area contributed by atoms with Gasteiger partial charge < -0.3 is 5.32 Å². The average Bonchev–Trinajstić information content (AvgIpc) is 2.38. The van der Waals surface area contributed by atoms with Gasteiger partial charge in [-0.05, 0) is 52.7 Å². The Hall–Kier alpha value is -1.86.